The van der Waals surface area contributed by atoms with Gasteiger partial charge in [-0.05, 0) is 86.2 Å². The van der Waals surface area contributed by atoms with Crippen LogP contribution in [0, 0.1) is 5.92 Å². The number of carbonyl (C=O) groups is 2. The monoisotopic (exact) mass is 521 g/mol. The van der Waals surface area contributed by atoms with E-state index >= 15 is 0 Å². The molecule has 4 heterocycles. The zero-order valence-corrected chi connectivity index (χ0v) is 21.6. The molecule has 7 rings (SSSR count). The summed E-state index contributed by atoms with van der Waals surface area (Å²) in [5, 5.41) is 11.8. The molecule has 2 saturated heterocycles. The van der Waals surface area contributed by atoms with E-state index < -0.39 is 0 Å². The number of hydrogen-bond donors (Lipinski definition) is 2. The van der Waals surface area contributed by atoms with Crippen LogP contribution in [0.3, 0.4) is 0 Å². The van der Waals surface area contributed by atoms with E-state index in [0.29, 0.717) is 23.6 Å². The molecule has 3 aliphatic rings. The standard InChI is InChI=1S/C31H31N5O3/c37-18-36-22-9-10-23(36)17-25(16-22)39-24-11-6-19(7-12-24)29-26-15-21(8-13-27(26)34-35-29)31(38)33-30(20-4-5-20)28-3-1-2-14-32-28/h1-3,6-8,11-15,18,20,22-23,25,30H,4-5,9-10,16-17H2,(H,33,38)(H,34,35)/t22-,23+,25-,30?. The molecule has 0 radical (unpaired) electrons. The number of carbonyl (C=O) groups excluding carboxylic acids is 2. The van der Waals surface area contributed by atoms with Crippen LogP contribution in [0.5, 0.6) is 5.75 Å². The van der Waals surface area contributed by atoms with Crippen molar-refractivity contribution >= 4 is 23.2 Å². The average Bonchev–Trinajstić information content (AvgIpc) is 3.67. The van der Waals surface area contributed by atoms with Crippen LogP contribution in [0.4, 0.5) is 0 Å². The molecular formula is C31H31N5O3. The number of pyridine rings is 1. The molecule has 8 heteroatoms. The van der Waals surface area contributed by atoms with Crippen molar-refractivity contribution in [3.05, 3.63) is 78.1 Å². The largest absolute Gasteiger partial charge is 0.490 e. The van der Waals surface area contributed by atoms with E-state index in [-0.39, 0.29) is 18.1 Å². The van der Waals surface area contributed by atoms with Crippen LogP contribution in [-0.4, -0.2) is 50.6 Å². The highest BCUT2D eigenvalue weighted by atomic mass is 16.5. The Bertz CT molecular complexity index is 1480. The summed E-state index contributed by atoms with van der Waals surface area (Å²) < 4.78 is 6.31. The number of aromatic nitrogens is 3. The molecule has 2 aromatic heterocycles. The Morgan fingerprint density at radius 3 is 2.51 bits per heavy atom. The van der Waals surface area contributed by atoms with Gasteiger partial charge in [0.05, 0.1) is 22.9 Å². The van der Waals surface area contributed by atoms with E-state index in [1.807, 2.05) is 65.6 Å². The van der Waals surface area contributed by atoms with Crippen molar-refractivity contribution in [1.82, 2.24) is 25.4 Å². The number of nitrogens with zero attached hydrogens (tertiary/aromatic N) is 3. The number of nitrogens with one attached hydrogen (secondary N) is 2. The van der Waals surface area contributed by atoms with Gasteiger partial charge in [0.1, 0.15) is 11.9 Å². The Morgan fingerprint density at radius 1 is 1.03 bits per heavy atom. The van der Waals surface area contributed by atoms with Gasteiger partial charge in [0.25, 0.3) is 5.91 Å². The molecule has 3 fully saturated rings. The van der Waals surface area contributed by atoms with Gasteiger partial charge in [-0.15, -0.1) is 0 Å². The number of amides is 2. The van der Waals surface area contributed by atoms with E-state index in [4.69, 9.17) is 4.74 Å². The molecule has 2 aliphatic heterocycles. The van der Waals surface area contributed by atoms with Gasteiger partial charge < -0.3 is 15.0 Å². The summed E-state index contributed by atoms with van der Waals surface area (Å²) >= 11 is 0. The summed E-state index contributed by atoms with van der Waals surface area (Å²) in [6.07, 6.45) is 9.01. The topological polar surface area (TPSA) is 100 Å². The third-order valence-corrected chi connectivity index (χ3v) is 8.51. The van der Waals surface area contributed by atoms with Gasteiger partial charge in [-0.1, -0.05) is 6.07 Å². The molecule has 39 heavy (non-hydrogen) atoms. The number of piperidine rings is 1. The fourth-order valence-corrected chi connectivity index (χ4v) is 6.34. The quantitative estimate of drug-likeness (QED) is 0.317. The number of aromatic amines is 1. The van der Waals surface area contributed by atoms with Gasteiger partial charge in [0.2, 0.25) is 6.41 Å². The number of ether oxygens (including phenoxy) is 1. The van der Waals surface area contributed by atoms with Gasteiger partial charge >= 0.3 is 0 Å². The predicted molar refractivity (Wildman–Crippen MR) is 147 cm³/mol. The summed E-state index contributed by atoms with van der Waals surface area (Å²) in [5.41, 5.74) is 4.13. The van der Waals surface area contributed by atoms with E-state index in [2.05, 4.69) is 20.5 Å². The van der Waals surface area contributed by atoms with Crippen molar-refractivity contribution < 1.29 is 14.3 Å². The second-order valence-corrected chi connectivity index (χ2v) is 11.0. The number of H-pyrrole nitrogens is 1. The lowest BCUT2D eigenvalue weighted by molar-refractivity contribution is -0.123. The second-order valence-electron chi connectivity index (χ2n) is 11.0. The van der Waals surface area contributed by atoms with Crippen LogP contribution >= 0.6 is 0 Å². The molecule has 2 bridgehead atoms. The molecule has 2 aromatic carbocycles. The first-order valence-corrected chi connectivity index (χ1v) is 13.9. The lowest BCUT2D eigenvalue weighted by atomic mass is 10.0. The van der Waals surface area contributed by atoms with Crippen LogP contribution in [0.2, 0.25) is 0 Å². The molecule has 2 N–H and O–H groups in total. The summed E-state index contributed by atoms with van der Waals surface area (Å²) in [6.45, 7) is 0. The molecule has 1 saturated carbocycles. The Kier molecular flexibility index (Phi) is 6.02. The Balaban J connectivity index is 1.08. The van der Waals surface area contributed by atoms with Crippen LogP contribution < -0.4 is 10.1 Å². The van der Waals surface area contributed by atoms with Crippen LogP contribution in [0.25, 0.3) is 22.2 Å². The summed E-state index contributed by atoms with van der Waals surface area (Å²) in [6, 6.07) is 20.0. The van der Waals surface area contributed by atoms with Crippen molar-refractivity contribution in [2.45, 2.75) is 62.8 Å². The van der Waals surface area contributed by atoms with E-state index in [0.717, 1.165) is 78.5 Å². The van der Waals surface area contributed by atoms with Crippen LogP contribution in [0.1, 0.15) is 60.6 Å². The maximum absolute atomic E-state index is 13.3. The summed E-state index contributed by atoms with van der Waals surface area (Å²) in [5.74, 6) is 1.15. The molecule has 4 atom stereocenters. The van der Waals surface area contributed by atoms with Crippen molar-refractivity contribution in [3.63, 3.8) is 0 Å². The summed E-state index contributed by atoms with van der Waals surface area (Å²) in [7, 11) is 0. The number of rotatable bonds is 8. The Morgan fingerprint density at radius 2 is 1.82 bits per heavy atom. The molecule has 1 unspecified atom stereocenters. The first-order valence-electron chi connectivity index (χ1n) is 13.9. The minimum absolute atomic E-state index is 0.0772. The molecular weight excluding hydrogens is 490 g/mol. The molecule has 2 amide bonds. The first-order chi connectivity index (χ1) is 19.2. The SMILES string of the molecule is O=CN1[C@@H]2CC[C@H]1C[C@H](Oc1ccc(-c3n[nH]c4ccc(C(=O)NC(c5ccccn5)C5CC5)cc34)cc1)C2. The molecule has 1 aliphatic carbocycles. The van der Waals surface area contributed by atoms with Gasteiger partial charge in [-0.2, -0.15) is 5.10 Å². The summed E-state index contributed by atoms with van der Waals surface area (Å²) in [4.78, 5) is 31.1. The van der Waals surface area contributed by atoms with Crippen molar-refractivity contribution in [2.24, 2.45) is 5.92 Å². The molecule has 4 aromatic rings. The highest BCUT2D eigenvalue weighted by Gasteiger charge is 2.41. The van der Waals surface area contributed by atoms with E-state index in [9.17, 15) is 9.59 Å². The fraction of sp³-hybridized carbons (Fsp3) is 0.355. The third kappa shape index (κ3) is 4.64. The van der Waals surface area contributed by atoms with Gasteiger partial charge in [-0.25, -0.2) is 0 Å². The zero-order valence-electron chi connectivity index (χ0n) is 21.6. The van der Waals surface area contributed by atoms with Crippen LogP contribution in [0.15, 0.2) is 66.9 Å². The number of fused-ring (bicyclic) bond motifs is 3. The lowest BCUT2D eigenvalue weighted by Gasteiger charge is -2.36. The smallest absolute Gasteiger partial charge is 0.251 e. The van der Waals surface area contributed by atoms with E-state index in [1.165, 1.54) is 0 Å². The minimum atomic E-state index is -0.107. The zero-order chi connectivity index (χ0) is 26.3. The number of hydrogen-bond acceptors (Lipinski definition) is 5. The normalized spacial score (nSPS) is 23.0. The van der Waals surface area contributed by atoms with Gasteiger partial charge in [0.15, 0.2) is 0 Å². The van der Waals surface area contributed by atoms with Gasteiger partial charge in [-0.3, -0.25) is 19.7 Å². The highest BCUT2D eigenvalue weighted by molar-refractivity contribution is 6.01. The van der Waals surface area contributed by atoms with Crippen molar-refractivity contribution in [2.75, 3.05) is 0 Å². The lowest BCUT2D eigenvalue weighted by Crippen LogP contribution is -2.45. The van der Waals surface area contributed by atoms with Crippen molar-refractivity contribution in [1.29, 1.82) is 0 Å². The second kappa shape index (κ2) is 9.84. The van der Waals surface area contributed by atoms with Gasteiger partial charge in [0, 0.05) is 47.6 Å². The predicted octanol–water partition coefficient (Wildman–Crippen LogP) is 5.04. The molecule has 0 spiro atoms. The Hall–Kier alpha value is -4.20. The highest BCUT2D eigenvalue weighted by Crippen LogP contribution is 2.41. The maximum Gasteiger partial charge on any atom is 0.251 e. The van der Waals surface area contributed by atoms with E-state index in [1.54, 1.807) is 6.20 Å². The fourth-order valence-electron chi connectivity index (χ4n) is 6.34. The first kappa shape index (κ1) is 23.9. The Labute approximate surface area is 226 Å². The van der Waals surface area contributed by atoms with Crippen LogP contribution in [-0.2, 0) is 4.79 Å². The molecule has 8 nitrogen and oxygen atoms in total. The third-order valence-electron chi connectivity index (χ3n) is 8.51. The minimum Gasteiger partial charge on any atom is -0.490 e. The average molecular weight is 522 g/mol. The number of benzene rings is 2. The van der Waals surface area contributed by atoms with Crippen molar-refractivity contribution in [3.8, 4) is 17.0 Å². The molecule has 198 valence electrons. The maximum atomic E-state index is 13.3.